The van der Waals surface area contributed by atoms with Gasteiger partial charge in [-0.05, 0) is 0 Å². The molecular weight excluding hydrogens is 492 g/mol. The summed E-state index contributed by atoms with van der Waals surface area (Å²) in [5.41, 5.74) is 5.96. The first-order chi connectivity index (χ1) is 14.7. The van der Waals surface area contributed by atoms with Crippen LogP contribution in [-0.4, -0.2) is 36.6 Å². The number of aryl methyl sites for hydroxylation is 4. The second-order valence-electron chi connectivity index (χ2n) is 8.64. The van der Waals surface area contributed by atoms with Crippen LogP contribution < -0.4 is 7.53 Å². The molecule has 7 heteroatoms. The molecule has 4 nitrogen and oxygen atoms in total. The van der Waals surface area contributed by atoms with Gasteiger partial charge in [0.25, 0.3) is 0 Å². The van der Waals surface area contributed by atoms with Crippen molar-refractivity contribution in [1.82, 2.24) is 0 Å². The van der Waals surface area contributed by atoms with Crippen LogP contribution in [-0.2, 0) is 0 Å². The average Bonchev–Trinajstić information content (AvgIpc) is 2.70. The monoisotopic (exact) mass is 520 g/mol. The van der Waals surface area contributed by atoms with E-state index in [2.05, 4.69) is 38.1 Å². The summed E-state index contributed by atoms with van der Waals surface area (Å²) in [5, 5.41) is 0. The molecule has 1 heterocycles. The van der Waals surface area contributed by atoms with Crippen molar-refractivity contribution >= 4 is 44.5 Å². The molecule has 2 aromatic rings. The normalized spacial score (nSPS) is 22.5. The van der Waals surface area contributed by atoms with E-state index in [4.69, 9.17) is 37.5 Å². The molecule has 1 fully saturated rings. The molecule has 1 aliphatic heterocycles. The third kappa shape index (κ3) is 5.29. The molecule has 2 aliphatic rings. The van der Waals surface area contributed by atoms with Crippen LogP contribution in [0.5, 0.6) is 11.5 Å². The van der Waals surface area contributed by atoms with E-state index in [1.54, 1.807) is 0 Å². The molecule has 1 aliphatic carbocycles. The van der Waals surface area contributed by atoms with Crippen LogP contribution in [0.1, 0.15) is 59.1 Å². The van der Waals surface area contributed by atoms with E-state index in [-0.39, 0.29) is 12.1 Å². The van der Waals surface area contributed by atoms with E-state index in [1.165, 1.54) is 12.8 Å². The van der Waals surface area contributed by atoms with Crippen molar-refractivity contribution in [2.24, 2.45) is 9.98 Å². The number of fused-ring (bicyclic) bond motifs is 3. The van der Waals surface area contributed by atoms with E-state index in [9.17, 15) is 0 Å². The van der Waals surface area contributed by atoms with Crippen LogP contribution in [0.2, 0.25) is 0 Å². The molecule has 0 radical (unpaired) electrons. The van der Waals surface area contributed by atoms with Crippen LogP contribution >= 0.6 is 20.0 Å². The van der Waals surface area contributed by atoms with Gasteiger partial charge in [0, 0.05) is 0 Å². The topological polar surface area (TPSA) is 43.2 Å². The Labute approximate surface area is 196 Å². The van der Waals surface area contributed by atoms with Gasteiger partial charge in [0.05, 0.1) is 0 Å². The third-order valence-electron chi connectivity index (χ3n) is 5.84. The molecule has 2 aromatic carbocycles. The molecule has 0 amide bonds. The molecule has 0 N–H and O–H groups in total. The van der Waals surface area contributed by atoms with Gasteiger partial charge in [-0.25, -0.2) is 0 Å². The number of nitrogens with zero attached hydrogens (tertiary/aromatic N) is 2. The van der Waals surface area contributed by atoms with Gasteiger partial charge in [0.1, 0.15) is 0 Å². The van der Waals surface area contributed by atoms with Crippen LogP contribution in [0.25, 0.3) is 0 Å². The maximum atomic E-state index is 6.73. The van der Waals surface area contributed by atoms with Gasteiger partial charge in [-0.3, -0.25) is 0 Å². The molecule has 4 rings (SSSR count). The zero-order valence-corrected chi connectivity index (χ0v) is 22.0. The Morgan fingerprint density at radius 1 is 0.742 bits per heavy atom. The van der Waals surface area contributed by atoms with Crippen LogP contribution in [0.3, 0.4) is 0 Å². The first-order valence-corrected chi connectivity index (χ1v) is 18.0. The maximum absolute atomic E-state index is 6.73. The quantitative estimate of drug-likeness (QED) is 0.375. The zero-order valence-electron chi connectivity index (χ0n) is 18.4. The SMILES string of the molecule is Cc1cc(C)c2c(c1)C=N[C@@H]1CCCC[C@H]1N=Cc1cc(C)cc(C)c1[O][Ge]([Cl])([Cl])[O]2. The Morgan fingerprint density at radius 3 is 1.58 bits per heavy atom. The second-order valence-corrected chi connectivity index (χ2v) is 17.6. The number of rotatable bonds is 0. The number of aliphatic imine (C=N–C) groups is 2. The fourth-order valence-electron chi connectivity index (χ4n) is 4.50. The fourth-order valence-corrected chi connectivity index (χ4v) is 8.35. The molecule has 0 spiro atoms. The Hall–Kier alpha value is -1.50. The third-order valence-corrected chi connectivity index (χ3v) is 9.30. The summed E-state index contributed by atoms with van der Waals surface area (Å²) in [6.45, 7) is 8.12. The zero-order chi connectivity index (χ0) is 22.2. The molecular formula is C24H28Cl2GeN2O2. The summed E-state index contributed by atoms with van der Waals surface area (Å²) < 4.78 is 12.4. The second kappa shape index (κ2) is 9.16. The summed E-state index contributed by atoms with van der Waals surface area (Å²) in [6.07, 6.45) is 8.21. The summed E-state index contributed by atoms with van der Waals surface area (Å²) >= 11 is -4.19. The Morgan fingerprint density at radius 2 is 1.16 bits per heavy atom. The van der Waals surface area contributed by atoms with Gasteiger partial charge in [0.15, 0.2) is 0 Å². The van der Waals surface area contributed by atoms with E-state index in [1.807, 2.05) is 26.3 Å². The van der Waals surface area contributed by atoms with Crippen molar-refractivity contribution in [2.75, 3.05) is 0 Å². The summed E-state index contributed by atoms with van der Waals surface area (Å²) in [4.78, 5) is 9.89. The minimum atomic E-state index is -4.19. The van der Waals surface area contributed by atoms with Crippen molar-refractivity contribution in [3.8, 4) is 11.5 Å². The molecule has 2 atom stereocenters. The van der Waals surface area contributed by atoms with Crippen LogP contribution in [0.15, 0.2) is 34.3 Å². The Bertz CT molecular complexity index is 971. The van der Waals surface area contributed by atoms with E-state index < -0.39 is 12.1 Å². The van der Waals surface area contributed by atoms with E-state index in [0.29, 0.717) is 11.5 Å². The molecule has 0 saturated heterocycles. The average molecular weight is 520 g/mol. The van der Waals surface area contributed by atoms with E-state index >= 15 is 0 Å². The van der Waals surface area contributed by atoms with Crippen molar-refractivity contribution in [1.29, 1.82) is 0 Å². The Balaban J connectivity index is 1.88. The predicted octanol–water partition coefficient (Wildman–Crippen LogP) is 6.45. The van der Waals surface area contributed by atoms with Gasteiger partial charge >= 0.3 is 197 Å². The van der Waals surface area contributed by atoms with Crippen molar-refractivity contribution in [3.05, 3.63) is 57.6 Å². The molecule has 164 valence electrons. The van der Waals surface area contributed by atoms with Crippen LogP contribution in [0, 0.1) is 27.7 Å². The molecule has 0 bridgehead atoms. The van der Waals surface area contributed by atoms with Crippen molar-refractivity contribution in [2.45, 2.75) is 65.5 Å². The van der Waals surface area contributed by atoms with Gasteiger partial charge in [-0.2, -0.15) is 0 Å². The van der Waals surface area contributed by atoms with E-state index in [0.717, 1.165) is 46.2 Å². The number of halogens is 2. The number of hydrogen-bond acceptors (Lipinski definition) is 4. The van der Waals surface area contributed by atoms with Crippen molar-refractivity contribution < 1.29 is 7.53 Å². The summed E-state index contributed by atoms with van der Waals surface area (Å²) in [6, 6.07) is 8.53. The van der Waals surface area contributed by atoms with Gasteiger partial charge in [0.2, 0.25) is 0 Å². The molecule has 0 aromatic heterocycles. The molecule has 0 unspecified atom stereocenters. The minimum absolute atomic E-state index is 0.146. The number of hydrogen-bond donors (Lipinski definition) is 0. The fraction of sp³-hybridized carbons (Fsp3) is 0.417. The summed E-state index contributed by atoms with van der Waals surface area (Å²) in [5.74, 6) is 1.30. The molecule has 1 saturated carbocycles. The standard InChI is InChI=1S/C24H28Cl2GeN2O2/c1-15-9-17(3)23-19(11-15)13-28-21-7-5-6-8-22(21)29-14-20-12-16(2)10-18(4)24(20)31-27(25,26)30-23/h9-14,21-22H,5-8H2,1-4H3/t21-,22-/m1/s1. The Kier molecular flexibility index (Phi) is 6.71. The predicted molar refractivity (Wildman–Crippen MR) is 132 cm³/mol. The van der Waals surface area contributed by atoms with Gasteiger partial charge in [-0.15, -0.1) is 0 Å². The first kappa shape index (κ1) is 22.7. The number of benzene rings is 2. The van der Waals surface area contributed by atoms with Gasteiger partial charge in [-0.1, -0.05) is 0 Å². The first-order valence-electron chi connectivity index (χ1n) is 10.8. The van der Waals surface area contributed by atoms with Crippen molar-refractivity contribution in [3.63, 3.8) is 0 Å². The van der Waals surface area contributed by atoms with Gasteiger partial charge < -0.3 is 0 Å². The van der Waals surface area contributed by atoms with Crippen LogP contribution in [0.4, 0.5) is 0 Å². The summed E-state index contributed by atoms with van der Waals surface area (Å²) in [7, 11) is 13.5. The molecule has 31 heavy (non-hydrogen) atoms.